The van der Waals surface area contributed by atoms with E-state index in [-0.39, 0.29) is 0 Å². The summed E-state index contributed by atoms with van der Waals surface area (Å²) in [4.78, 5) is 2.38. The number of likely N-dealkylation sites (N-methyl/N-ethyl adjacent to an activating group) is 1. The Morgan fingerprint density at radius 2 is 1.88 bits per heavy atom. The highest BCUT2D eigenvalue weighted by Crippen LogP contribution is 2.21. The van der Waals surface area contributed by atoms with Crippen molar-refractivity contribution in [2.75, 3.05) is 25.6 Å². The lowest BCUT2D eigenvalue weighted by molar-refractivity contribution is 0.204. The highest BCUT2D eigenvalue weighted by molar-refractivity contribution is 7.98. The molecule has 0 radical (unpaired) electrons. The van der Waals surface area contributed by atoms with E-state index in [4.69, 9.17) is 5.73 Å². The van der Waals surface area contributed by atoms with E-state index >= 15 is 0 Å². The van der Waals surface area contributed by atoms with E-state index in [0.29, 0.717) is 18.6 Å². The van der Waals surface area contributed by atoms with Gasteiger partial charge in [0.25, 0.3) is 0 Å². The largest absolute Gasteiger partial charge is 0.329 e. The van der Waals surface area contributed by atoms with E-state index in [0.717, 1.165) is 5.75 Å². The molecule has 2 N–H and O–H groups in total. The van der Waals surface area contributed by atoms with Gasteiger partial charge in [-0.2, -0.15) is 11.8 Å². The first kappa shape index (κ1) is 14.6. The van der Waals surface area contributed by atoms with Crippen LogP contribution < -0.4 is 5.73 Å². The third-order valence-corrected chi connectivity index (χ3v) is 4.10. The summed E-state index contributed by atoms with van der Waals surface area (Å²) in [5.41, 5.74) is 8.54. The molecule has 0 aromatic heterocycles. The standard InChI is InChI=1S/C14H24N2S/c1-11-5-7-13(8-6-11)14(9-15)16(3)12(2)10-17-4/h5-8,12,14H,9-10,15H2,1-4H3. The van der Waals surface area contributed by atoms with Crippen molar-refractivity contribution in [1.82, 2.24) is 4.90 Å². The zero-order valence-electron chi connectivity index (χ0n) is 11.3. The molecule has 0 fully saturated rings. The van der Waals surface area contributed by atoms with Gasteiger partial charge >= 0.3 is 0 Å². The maximum atomic E-state index is 5.93. The average Bonchev–Trinajstić information content (AvgIpc) is 2.32. The number of thioether (sulfide) groups is 1. The summed E-state index contributed by atoms with van der Waals surface area (Å²) in [7, 11) is 2.16. The third-order valence-electron chi connectivity index (χ3n) is 3.28. The van der Waals surface area contributed by atoms with E-state index in [1.165, 1.54) is 11.1 Å². The SMILES string of the molecule is CSCC(C)N(C)C(CN)c1ccc(C)cc1. The molecule has 0 heterocycles. The molecular weight excluding hydrogens is 228 g/mol. The van der Waals surface area contributed by atoms with Gasteiger partial charge in [0.2, 0.25) is 0 Å². The van der Waals surface area contributed by atoms with Gasteiger partial charge in [0.05, 0.1) is 0 Å². The summed E-state index contributed by atoms with van der Waals surface area (Å²) in [6.45, 7) is 5.03. The lowest BCUT2D eigenvalue weighted by atomic mass is 10.0. The fraction of sp³-hybridized carbons (Fsp3) is 0.571. The number of hydrogen-bond acceptors (Lipinski definition) is 3. The molecule has 17 heavy (non-hydrogen) atoms. The maximum absolute atomic E-state index is 5.93. The first-order valence-corrected chi connectivity index (χ1v) is 7.47. The molecule has 2 atom stereocenters. The van der Waals surface area contributed by atoms with Gasteiger partial charge in [-0.1, -0.05) is 29.8 Å². The molecule has 2 unspecified atom stereocenters. The van der Waals surface area contributed by atoms with E-state index in [1.807, 2.05) is 11.8 Å². The molecule has 0 spiro atoms. The maximum Gasteiger partial charge on any atom is 0.0470 e. The van der Waals surface area contributed by atoms with Crippen LogP contribution in [-0.2, 0) is 0 Å². The zero-order chi connectivity index (χ0) is 12.8. The number of rotatable bonds is 6. The molecule has 1 aromatic rings. The van der Waals surface area contributed by atoms with Gasteiger partial charge in [-0.3, -0.25) is 4.90 Å². The summed E-state index contributed by atoms with van der Waals surface area (Å²) in [6, 6.07) is 9.55. The highest BCUT2D eigenvalue weighted by atomic mass is 32.2. The van der Waals surface area contributed by atoms with Crippen molar-refractivity contribution in [2.45, 2.75) is 25.9 Å². The quantitative estimate of drug-likeness (QED) is 0.844. The summed E-state index contributed by atoms with van der Waals surface area (Å²) < 4.78 is 0. The van der Waals surface area contributed by atoms with Gasteiger partial charge in [-0.25, -0.2) is 0 Å². The fourth-order valence-corrected chi connectivity index (χ4v) is 2.71. The van der Waals surface area contributed by atoms with Crippen LogP contribution in [0.25, 0.3) is 0 Å². The Morgan fingerprint density at radius 1 is 1.29 bits per heavy atom. The van der Waals surface area contributed by atoms with Crippen molar-refractivity contribution in [2.24, 2.45) is 5.73 Å². The monoisotopic (exact) mass is 252 g/mol. The molecule has 0 bridgehead atoms. The molecule has 1 rings (SSSR count). The van der Waals surface area contributed by atoms with Gasteiger partial charge in [0.15, 0.2) is 0 Å². The Bertz CT molecular complexity index is 323. The second-order valence-electron chi connectivity index (χ2n) is 4.63. The van der Waals surface area contributed by atoms with E-state index in [1.54, 1.807) is 0 Å². The van der Waals surface area contributed by atoms with Crippen LogP contribution in [-0.4, -0.2) is 36.5 Å². The molecule has 0 aliphatic rings. The Kier molecular flexibility index (Phi) is 6.03. The van der Waals surface area contributed by atoms with Crippen molar-refractivity contribution in [3.05, 3.63) is 35.4 Å². The van der Waals surface area contributed by atoms with E-state index in [9.17, 15) is 0 Å². The molecule has 0 amide bonds. The summed E-state index contributed by atoms with van der Waals surface area (Å²) in [5.74, 6) is 1.14. The molecule has 3 heteroatoms. The third kappa shape index (κ3) is 4.02. The molecule has 0 aliphatic carbocycles. The van der Waals surface area contributed by atoms with E-state index < -0.39 is 0 Å². The zero-order valence-corrected chi connectivity index (χ0v) is 12.1. The first-order chi connectivity index (χ1) is 8.10. The van der Waals surface area contributed by atoms with Gasteiger partial charge < -0.3 is 5.73 Å². The predicted molar refractivity (Wildman–Crippen MR) is 78.6 cm³/mol. The second kappa shape index (κ2) is 7.04. The van der Waals surface area contributed by atoms with Gasteiger partial charge in [0.1, 0.15) is 0 Å². The van der Waals surface area contributed by atoms with Gasteiger partial charge in [-0.15, -0.1) is 0 Å². The van der Waals surface area contributed by atoms with Gasteiger partial charge in [-0.05, 0) is 32.7 Å². The number of hydrogen-bond donors (Lipinski definition) is 1. The molecule has 2 nitrogen and oxygen atoms in total. The minimum absolute atomic E-state index is 0.317. The van der Waals surface area contributed by atoms with Crippen molar-refractivity contribution >= 4 is 11.8 Å². The average molecular weight is 252 g/mol. The van der Waals surface area contributed by atoms with Crippen LogP contribution in [0, 0.1) is 6.92 Å². The molecular formula is C14H24N2S. The van der Waals surface area contributed by atoms with Gasteiger partial charge in [0, 0.05) is 24.4 Å². The minimum Gasteiger partial charge on any atom is -0.329 e. The Hall–Kier alpha value is -0.510. The number of benzene rings is 1. The van der Waals surface area contributed by atoms with Crippen LogP contribution >= 0.6 is 11.8 Å². The number of nitrogens with two attached hydrogens (primary N) is 1. The van der Waals surface area contributed by atoms with E-state index in [2.05, 4.69) is 56.3 Å². The van der Waals surface area contributed by atoms with Crippen LogP contribution in [0.1, 0.15) is 24.1 Å². The van der Waals surface area contributed by atoms with Crippen LogP contribution in [0.3, 0.4) is 0 Å². The van der Waals surface area contributed by atoms with Crippen molar-refractivity contribution in [3.8, 4) is 0 Å². The first-order valence-electron chi connectivity index (χ1n) is 6.07. The number of aryl methyl sites for hydroxylation is 1. The predicted octanol–water partition coefficient (Wildman–Crippen LogP) is 2.68. The Balaban J connectivity index is 2.79. The highest BCUT2D eigenvalue weighted by Gasteiger charge is 2.19. The lowest BCUT2D eigenvalue weighted by Crippen LogP contribution is -2.38. The molecule has 0 saturated carbocycles. The minimum atomic E-state index is 0.317. The topological polar surface area (TPSA) is 29.3 Å². The van der Waals surface area contributed by atoms with Crippen molar-refractivity contribution in [1.29, 1.82) is 0 Å². The van der Waals surface area contributed by atoms with Crippen LogP contribution in [0.4, 0.5) is 0 Å². The normalized spacial score (nSPS) is 14.9. The van der Waals surface area contributed by atoms with Crippen LogP contribution in [0.2, 0.25) is 0 Å². The molecule has 96 valence electrons. The Morgan fingerprint density at radius 3 is 2.35 bits per heavy atom. The summed E-state index contributed by atoms with van der Waals surface area (Å²) >= 11 is 1.88. The lowest BCUT2D eigenvalue weighted by Gasteiger charge is -2.32. The smallest absolute Gasteiger partial charge is 0.0470 e. The fourth-order valence-electron chi connectivity index (χ4n) is 1.99. The second-order valence-corrected chi connectivity index (χ2v) is 5.54. The molecule has 1 aromatic carbocycles. The van der Waals surface area contributed by atoms with Crippen LogP contribution in [0.15, 0.2) is 24.3 Å². The van der Waals surface area contributed by atoms with Crippen molar-refractivity contribution < 1.29 is 0 Å². The molecule has 0 saturated heterocycles. The van der Waals surface area contributed by atoms with Crippen molar-refractivity contribution in [3.63, 3.8) is 0 Å². The van der Waals surface area contributed by atoms with Crippen LogP contribution in [0.5, 0.6) is 0 Å². The molecule has 0 aliphatic heterocycles. The number of nitrogens with zero attached hydrogens (tertiary/aromatic N) is 1. The summed E-state index contributed by atoms with van der Waals surface area (Å²) in [6.07, 6.45) is 2.15. The summed E-state index contributed by atoms with van der Waals surface area (Å²) in [5, 5.41) is 0. The Labute approximate surface area is 110 Å².